The SMILES string of the molecule is CC(C)NCc1cc2ccc(Br)cc2n1C. The van der Waals surface area contributed by atoms with E-state index in [0.717, 1.165) is 11.0 Å². The van der Waals surface area contributed by atoms with E-state index >= 15 is 0 Å². The Kier molecular flexibility index (Phi) is 3.36. The second-order valence-electron chi connectivity index (χ2n) is 4.43. The topological polar surface area (TPSA) is 17.0 Å². The van der Waals surface area contributed by atoms with Crippen LogP contribution in [-0.2, 0) is 13.6 Å². The molecular formula is C13H17BrN2. The molecule has 2 rings (SSSR count). The molecule has 16 heavy (non-hydrogen) atoms. The maximum absolute atomic E-state index is 3.51. The smallest absolute Gasteiger partial charge is 0.0491 e. The lowest BCUT2D eigenvalue weighted by atomic mass is 10.2. The lowest BCUT2D eigenvalue weighted by molar-refractivity contribution is 0.572. The van der Waals surface area contributed by atoms with E-state index in [9.17, 15) is 0 Å². The standard InChI is InChI=1S/C13H17BrN2/c1-9(2)15-8-12-6-10-4-5-11(14)7-13(10)16(12)3/h4-7,9,15H,8H2,1-3H3. The monoisotopic (exact) mass is 280 g/mol. The van der Waals surface area contributed by atoms with Gasteiger partial charge in [0.25, 0.3) is 0 Å². The van der Waals surface area contributed by atoms with Crippen LogP contribution in [0.4, 0.5) is 0 Å². The van der Waals surface area contributed by atoms with Crippen molar-refractivity contribution in [1.29, 1.82) is 0 Å². The molecule has 0 aliphatic rings. The van der Waals surface area contributed by atoms with Crippen molar-refractivity contribution in [3.05, 3.63) is 34.4 Å². The van der Waals surface area contributed by atoms with Gasteiger partial charge in [-0.25, -0.2) is 0 Å². The van der Waals surface area contributed by atoms with Crippen molar-refractivity contribution < 1.29 is 0 Å². The third kappa shape index (κ3) is 2.30. The zero-order chi connectivity index (χ0) is 11.7. The van der Waals surface area contributed by atoms with Gasteiger partial charge in [-0.3, -0.25) is 0 Å². The van der Waals surface area contributed by atoms with Gasteiger partial charge in [-0.2, -0.15) is 0 Å². The minimum Gasteiger partial charge on any atom is -0.346 e. The summed E-state index contributed by atoms with van der Waals surface area (Å²) >= 11 is 3.51. The van der Waals surface area contributed by atoms with E-state index < -0.39 is 0 Å². The zero-order valence-electron chi connectivity index (χ0n) is 9.92. The molecular weight excluding hydrogens is 264 g/mol. The number of rotatable bonds is 3. The number of aromatic nitrogens is 1. The van der Waals surface area contributed by atoms with Gasteiger partial charge in [-0.1, -0.05) is 35.8 Å². The summed E-state index contributed by atoms with van der Waals surface area (Å²) in [5.74, 6) is 0. The van der Waals surface area contributed by atoms with Crippen molar-refractivity contribution in [2.24, 2.45) is 7.05 Å². The molecule has 2 aromatic rings. The van der Waals surface area contributed by atoms with E-state index in [1.165, 1.54) is 16.6 Å². The largest absolute Gasteiger partial charge is 0.346 e. The molecule has 0 atom stereocenters. The van der Waals surface area contributed by atoms with E-state index in [4.69, 9.17) is 0 Å². The van der Waals surface area contributed by atoms with Gasteiger partial charge in [0.1, 0.15) is 0 Å². The van der Waals surface area contributed by atoms with Crippen molar-refractivity contribution in [2.75, 3.05) is 0 Å². The van der Waals surface area contributed by atoms with Crippen LogP contribution >= 0.6 is 15.9 Å². The Morgan fingerprint density at radius 2 is 2.06 bits per heavy atom. The first-order chi connectivity index (χ1) is 7.58. The maximum Gasteiger partial charge on any atom is 0.0491 e. The molecule has 0 saturated carbocycles. The third-order valence-corrected chi connectivity index (χ3v) is 3.29. The van der Waals surface area contributed by atoms with Crippen molar-refractivity contribution in [3.8, 4) is 0 Å². The summed E-state index contributed by atoms with van der Waals surface area (Å²) in [4.78, 5) is 0. The highest BCUT2D eigenvalue weighted by atomic mass is 79.9. The number of aryl methyl sites for hydroxylation is 1. The van der Waals surface area contributed by atoms with Gasteiger partial charge < -0.3 is 9.88 Å². The molecule has 1 N–H and O–H groups in total. The van der Waals surface area contributed by atoms with Crippen LogP contribution in [0.2, 0.25) is 0 Å². The molecule has 86 valence electrons. The minimum absolute atomic E-state index is 0.518. The van der Waals surface area contributed by atoms with Crippen LogP contribution in [0, 0.1) is 0 Å². The predicted octanol–water partition coefficient (Wildman–Crippen LogP) is 3.44. The quantitative estimate of drug-likeness (QED) is 0.912. The Morgan fingerprint density at radius 3 is 2.75 bits per heavy atom. The molecule has 0 radical (unpaired) electrons. The summed E-state index contributed by atoms with van der Waals surface area (Å²) < 4.78 is 3.37. The number of fused-ring (bicyclic) bond motifs is 1. The second-order valence-corrected chi connectivity index (χ2v) is 5.35. The van der Waals surface area contributed by atoms with Gasteiger partial charge in [-0.15, -0.1) is 0 Å². The fraction of sp³-hybridized carbons (Fsp3) is 0.385. The Hall–Kier alpha value is -0.800. The van der Waals surface area contributed by atoms with Crippen molar-refractivity contribution in [3.63, 3.8) is 0 Å². The first kappa shape index (κ1) is 11.7. The number of hydrogen-bond donors (Lipinski definition) is 1. The van der Waals surface area contributed by atoms with Gasteiger partial charge in [-0.05, 0) is 23.6 Å². The Labute approximate surface area is 105 Å². The predicted molar refractivity (Wildman–Crippen MR) is 72.6 cm³/mol. The fourth-order valence-corrected chi connectivity index (χ4v) is 2.19. The highest BCUT2D eigenvalue weighted by Gasteiger charge is 2.06. The third-order valence-electron chi connectivity index (χ3n) is 2.80. The molecule has 0 amide bonds. The highest BCUT2D eigenvalue weighted by molar-refractivity contribution is 9.10. The fourth-order valence-electron chi connectivity index (χ4n) is 1.84. The van der Waals surface area contributed by atoms with Crippen LogP contribution < -0.4 is 5.32 Å². The zero-order valence-corrected chi connectivity index (χ0v) is 11.5. The van der Waals surface area contributed by atoms with Crippen LogP contribution in [-0.4, -0.2) is 10.6 Å². The average Bonchev–Trinajstić information content (AvgIpc) is 2.53. The molecule has 1 aromatic heterocycles. The summed E-state index contributed by atoms with van der Waals surface area (Å²) in [6.07, 6.45) is 0. The highest BCUT2D eigenvalue weighted by Crippen LogP contribution is 2.22. The molecule has 0 unspecified atom stereocenters. The number of nitrogens with one attached hydrogen (secondary N) is 1. The van der Waals surface area contributed by atoms with Gasteiger partial charge >= 0.3 is 0 Å². The van der Waals surface area contributed by atoms with E-state index in [2.05, 4.69) is 71.0 Å². The lowest BCUT2D eigenvalue weighted by Crippen LogP contribution is -2.22. The van der Waals surface area contributed by atoms with Crippen LogP contribution in [0.1, 0.15) is 19.5 Å². The second kappa shape index (κ2) is 4.60. The van der Waals surface area contributed by atoms with E-state index in [1.54, 1.807) is 0 Å². The molecule has 0 saturated heterocycles. The molecule has 0 bridgehead atoms. The Balaban J connectivity index is 2.36. The average molecular weight is 281 g/mol. The Bertz CT molecular complexity index is 500. The van der Waals surface area contributed by atoms with E-state index in [1.807, 2.05) is 0 Å². The Morgan fingerprint density at radius 1 is 1.31 bits per heavy atom. The van der Waals surface area contributed by atoms with Crippen molar-refractivity contribution in [2.45, 2.75) is 26.4 Å². The molecule has 2 nitrogen and oxygen atoms in total. The van der Waals surface area contributed by atoms with E-state index in [-0.39, 0.29) is 0 Å². The van der Waals surface area contributed by atoms with Crippen molar-refractivity contribution >= 4 is 26.8 Å². The lowest BCUT2D eigenvalue weighted by Gasteiger charge is -2.09. The van der Waals surface area contributed by atoms with Crippen LogP contribution in [0.3, 0.4) is 0 Å². The number of hydrogen-bond acceptors (Lipinski definition) is 1. The van der Waals surface area contributed by atoms with Gasteiger partial charge in [0, 0.05) is 35.3 Å². The van der Waals surface area contributed by atoms with Crippen LogP contribution in [0.15, 0.2) is 28.7 Å². The first-order valence-corrected chi connectivity index (χ1v) is 6.34. The number of halogens is 1. The summed E-state index contributed by atoms with van der Waals surface area (Å²) in [5.41, 5.74) is 2.59. The molecule has 0 aliphatic carbocycles. The van der Waals surface area contributed by atoms with Gasteiger partial charge in [0.15, 0.2) is 0 Å². The molecule has 0 spiro atoms. The summed E-state index contributed by atoms with van der Waals surface area (Å²) in [7, 11) is 2.12. The van der Waals surface area contributed by atoms with E-state index in [0.29, 0.717) is 6.04 Å². The maximum atomic E-state index is 3.51. The van der Waals surface area contributed by atoms with Crippen LogP contribution in [0.25, 0.3) is 10.9 Å². The molecule has 1 aromatic carbocycles. The normalized spacial score (nSPS) is 11.6. The van der Waals surface area contributed by atoms with Gasteiger partial charge in [0.05, 0.1) is 0 Å². The number of nitrogens with zero attached hydrogens (tertiary/aromatic N) is 1. The minimum atomic E-state index is 0.518. The molecule has 0 aliphatic heterocycles. The summed E-state index contributed by atoms with van der Waals surface area (Å²) in [6.45, 7) is 5.25. The summed E-state index contributed by atoms with van der Waals surface area (Å²) in [6, 6.07) is 9.16. The molecule has 0 fully saturated rings. The number of benzene rings is 1. The summed E-state index contributed by atoms with van der Waals surface area (Å²) in [5, 5.41) is 4.74. The van der Waals surface area contributed by atoms with Crippen molar-refractivity contribution in [1.82, 2.24) is 9.88 Å². The molecule has 3 heteroatoms. The van der Waals surface area contributed by atoms with Gasteiger partial charge in [0.2, 0.25) is 0 Å². The van der Waals surface area contributed by atoms with Crippen LogP contribution in [0.5, 0.6) is 0 Å². The first-order valence-electron chi connectivity index (χ1n) is 5.55. The molecule has 1 heterocycles.